The summed E-state index contributed by atoms with van der Waals surface area (Å²) in [5.41, 5.74) is 2.20. The van der Waals surface area contributed by atoms with Gasteiger partial charge < -0.3 is 14.5 Å². The number of benzene rings is 1. The van der Waals surface area contributed by atoms with E-state index < -0.39 is 0 Å². The Balaban J connectivity index is 1.44. The van der Waals surface area contributed by atoms with E-state index in [1.807, 2.05) is 42.5 Å². The zero-order valence-electron chi connectivity index (χ0n) is 13.2. The number of rotatable bonds is 8. The predicted octanol–water partition coefficient (Wildman–Crippen LogP) is 3.01. The maximum atomic E-state index is 12.3. The van der Waals surface area contributed by atoms with Gasteiger partial charge >= 0.3 is 0 Å². The van der Waals surface area contributed by atoms with Crippen molar-refractivity contribution in [1.82, 2.24) is 15.5 Å². The Hall–Kier alpha value is -2.86. The molecule has 0 aliphatic rings. The third kappa shape index (κ3) is 4.11. The van der Waals surface area contributed by atoms with Crippen LogP contribution in [0, 0.1) is 0 Å². The summed E-state index contributed by atoms with van der Waals surface area (Å²) in [4.78, 5) is 12.3. The average molecular weight is 325 g/mol. The van der Waals surface area contributed by atoms with E-state index in [0.29, 0.717) is 25.3 Å². The van der Waals surface area contributed by atoms with E-state index in [0.717, 1.165) is 23.4 Å². The fraction of sp³-hybridized carbons (Fsp3) is 0.222. The number of aromatic amines is 1. The molecule has 0 fully saturated rings. The molecule has 6 heteroatoms. The van der Waals surface area contributed by atoms with Gasteiger partial charge in [-0.15, -0.1) is 0 Å². The fourth-order valence-electron chi connectivity index (χ4n) is 2.32. The summed E-state index contributed by atoms with van der Waals surface area (Å²) in [5, 5.41) is 9.75. The van der Waals surface area contributed by atoms with Crippen LogP contribution in [0.5, 0.6) is 0 Å². The van der Waals surface area contributed by atoms with E-state index in [2.05, 4.69) is 15.5 Å². The Morgan fingerprint density at radius 1 is 1.21 bits per heavy atom. The predicted molar refractivity (Wildman–Crippen MR) is 89.3 cm³/mol. The van der Waals surface area contributed by atoms with Crippen LogP contribution in [-0.2, 0) is 11.3 Å². The zero-order chi connectivity index (χ0) is 16.6. The van der Waals surface area contributed by atoms with Gasteiger partial charge in [-0.1, -0.05) is 30.3 Å². The summed E-state index contributed by atoms with van der Waals surface area (Å²) in [6.45, 7) is 1.54. The van der Waals surface area contributed by atoms with Crippen LogP contribution in [0.4, 0.5) is 0 Å². The van der Waals surface area contributed by atoms with E-state index in [9.17, 15) is 4.79 Å². The highest BCUT2D eigenvalue weighted by Gasteiger charge is 2.14. The molecule has 0 bridgehead atoms. The van der Waals surface area contributed by atoms with E-state index in [-0.39, 0.29) is 5.91 Å². The molecule has 0 aliphatic heterocycles. The molecule has 3 aromatic rings. The van der Waals surface area contributed by atoms with Gasteiger partial charge in [0.05, 0.1) is 23.7 Å². The molecule has 0 saturated heterocycles. The van der Waals surface area contributed by atoms with Crippen molar-refractivity contribution in [3.63, 3.8) is 0 Å². The van der Waals surface area contributed by atoms with Crippen LogP contribution >= 0.6 is 0 Å². The third-order valence-electron chi connectivity index (χ3n) is 3.52. The first-order valence-corrected chi connectivity index (χ1v) is 7.81. The van der Waals surface area contributed by atoms with Crippen molar-refractivity contribution in [2.75, 3.05) is 13.2 Å². The number of hydrogen-bond donors (Lipinski definition) is 2. The van der Waals surface area contributed by atoms with Crippen LogP contribution < -0.4 is 5.32 Å². The standard InChI is InChI=1S/C18H19N3O3/c22-18(19-9-5-10-23-13-15-8-4-11-24-15)16-12-20-21-17(16)14-6-2-1-3-7-14/h1-4,6-8,11-12H,5,9-10,13H2,(H,19,22)(H,20,21). The minimum absolute atomic E-state index is 0.145. The van der Waals surface area contributed by atoms with Gasteiger partial charge in [-0.3, -0.25) is 9.89 Å². The lowest BCUT2D eigenvalue weighted by molar-refractivity contribution is 0.0917. The lowest BCUT2D eigenvalue weighted by Gasteiger charge is -2.06. The van der Waals surface area contributed by atoms with Crippen molar-refractivity contribution in [2.45, 2.75) is 13.0 Å². The highest BCUT2D eigenvalue weighted by molar-refractivity contribution is 5.99. The number of ether oxygens (including phenoxy) is 1. The van der Waals surface area contributed by atoms with Gasteiger partial charge in [-0.05, 0) is 18.6 Å². The van der Waals surface area contributed by atoms with Crippen molar-refractivity contribution in [2.24, 2.45) is 0 Å². The summed E-state index contributed by atoms with van der Waals surface area (Å²) in [5.74, 6) is 0.651. The van der Waals surface area contributed by atoms with Gasteiger partial charge in [0.1, 0.15) is 12.4 Å². The lowest BCUT2D eigenvalue weighted by Crippen LogP contribution is -2.25. The zero-order valence-corrected chi connectivity index (χ0v) is 13.2. The van der Waals surface area contributed by atoms with Crippen molar-refractivity contribution < 1.29 is 13.9 Å². The van der Waals surface area contributed by atoms with Gasteiger partial charge in [0.2, 0.25) is 0 Å². The topological polar surface area (TPSA) is 80.2 Å². The van der Waals surface area contributed by atoms with E-state index >= 15 is 0 Å². The molecule has 0 saturated carbocycles. The van der Waals surface area contributed by atoms with E-state index in [1.54, 1.807) is 12.5 Å². The number of amides is 1. The average Bonchev–Trinajstić information content (AvgIpc) is 3.30. The van der Waals surface area contributed by atoms with E-state index in [4.69, 9.17) is 9.15 Å². The molecular formula is C18H19N3O3. The lowest BCUT2D eigenvalue weighted by atomic mass is 10.1. The second-order valence-corrected chi connectivity index (χ2v) is 5.27. The van der Waals surface area contributed by atoms with Crippen molar-refractivity contribution in [1.29, 1.82) is 0 Å². The molecule has 1 aromatic carbocycles. The van der Waals surface area contributed by atoms with Crippen LogP contribution in [0.25, 0.3) is 11.3 Å². The Bertz CT molecular complexity index is 751. The number of hydrogen-bond acceptors (Lipinski definition) is 4. The van der Waals surface area contributed by atoms with Gasteiger partial charge in [-0.2, -0.15) is 5.10 Å². The summed E-state index contributed by atoms with van der Waals surface area (Å²) in [7, 11) is 0. The SMILES string of the molecule is O=C(NCCCOCc1ccco1)c1cn[nH]c1-c1ccccc1. The highest BCUT2D eigenvalue weighted by Crippen LogP contribution is 2.20. The second-order valence-electron chi connectivity index (χ2n) is 5.27. The highest BCUT2D eigenvalue weighted by atomic mass is 16.5. The third-order valence-corrected chi connectivity index (χ3v) is 3.52. The molecule has 0 atom stereocenters. The number of furan rings is 1. The van der Waals surface area contributed by atoms with Crippen LogP contribution in [0.2, 0.25) is 0 Å². The quantitative estimate of drug-likeness (QED) is 0.624. The van der Waals surface area contributed by atoms with Crippen LogP contribution in [0.15, 0.2) is 59.3 Å². The van der Waals surface area contributed by atoms with Gasteiger partial charge in [0.25, 0.3) is 5.91 Å². The Morgan fingerprint density at radius 2 is 2.08 bits per heavy atom. The molecule has 0 unspecified atom stereocenters. The largest absolute Gasteiger partial charge is 0.467 e. The first kappa shape index (κ1) is 16.0. The number of nitrogens with one attached hydrogen (secondary N) is 2. The van der Waals surface area contributed by atoms with E-state index in [1.165, 1.54) is 0 Å². The van der Waals surface area contributed by atoms with Crippen LogP contribution in [0.1, 0.15) is 22.5 Å². The molecule has 1 amide bonds. The number of nitrogens with zero attached hydrogens (tertiary/aromatic N) is 1. The fourth-order valence-corrected chi connectivity index (χ4v) is 2.32. The molecule has 3 rings (SSSR count). The monoisotopic (exact) mass is 325 g/mol. The summed E-state index contributed by atoms with van der Waals surface area (Å²) in [6, 6.07) is 13.4. The minimum Gasteiger partial charge on any atom is -0.467 e. The molecular weight excluding hydrogens is 306 g/mol. The molecule has 2 N–H and O–H groups in total. The summed E-state index contributed by atoms with van der Waals surface area (Å²) >= 11 is 0. The van der Waals surface area contributed by atoms with Gasteiger partial charge in [-0.25, -0.2) is 0 Å². The number of carbonyl (C=O) groups excluding carboxylic acids is 1. The molecule has 2 aromatic heterocycles. The molecule has 24 heavy (non-hydrogen) atoms. The van der Waals surface area contributed by atoms with Gasteiger partial charge in [0, 0.05) is 18.7 Å². The second kappa shape index (κ2) is 8.12. The number of aromatic nitrogens is 2. The molecule has 124 valence electrons. The molecule has 0 spiro atoms. The Kier molecular flexibility index (Phi) is 5.42. The Labute approximate surface area is 139 Å². The molecule has 0 aliphatic carbocycles. The minimum atomic E-state index is -0.145. The summed E-state index contributed by atoms with van der Waals surface area (Å²) in [6.07, 6.45) is 3.89. The molecule has 0 radical (unpaired) electrons. The number of carbonyl (C=O) groups is 1. The first-order chi connectivity index (χ1) is 11.8. The maximum absolute atomic E-state index is 12.3. The smallest absolute Gasteiger partial charge is 0.255 e. The van der Waals surface area contributed by atoms with Crippen LogP contribution in [0.3, 0.4) is 0 Å². The summed E-state index contributed by atoms with van der Waals surface area (Å²) < 4.78 is 10.7. The van der Waals surface area contributed by atoms with Crippen molar-refractivity contribution in [3.05, 3.63) is 66.2 Å². The number of H-pyrrole nitrogens is 1. The first-order valence-electron chi connectivity index (χ1n) is 7.81. The Morgan fingerprint density at radius 3 is 2.88 bits per heavy atom. The molecule has 6 nitrogen and oxygen atoms in total. The normalized spacial score (nSPS) is 10.7. The molecule has 2 heterocycles. The van der Waals surface area contributed by atoms with Crippen molar-refractivity contribution >= 4 is 5.91 Å². The van der Waals surface area contributed by atoms with Crippen LogP contribution in [-0.4, -0.2) is 29.3 Å². The van der Waals surface area contributed by atoms with Gasteiger partial charge in [0.15, 0.2) is 0 Å². The maximum Gasteiger partial charge on any atom is 0.255 e. The van der Waals surface area contributed by atoms with Crippen molar-refractivity contribution in [3.8, 4) is 11.3 Å².